The van der Waals surface area contributed by atoms with Crippen LogP contribution < -0.4 is 10.9 Å². The molecule has 2 N–H and O–H groups in total. The number of hydrogen-bond donors (Lipinski definition) is 2. The molecule has 2 aromatic rings. The van der Waals surface area contributed by atoms with Crippen molar-refractivity contribution in [1.82, 2.24) is 15.0 Å². The molecule has 0 saturated carbocycles. The Hall–Kier alpha value is -1.53. The zero-order valence-corrected chi connectivity index (χ0v) is 11.2. The van der Waals surface area contributed by atoms with E-state index in [-0.39, 0.29) is 5.56 Å². The lowest BCUT2D eigenvalue weighted by Crippen LogP contribution is -2.05. The summed E-state index contributed by atoms with van der Waals surface area (Å²) in [6.07, 6.45) is 1.47. The van der Waals surface area contributed by atoms with E-state index in [4.69, 9.17) is 11.6 Å². The summed E-state index contributed by atoms with van der Waals surface area (Å²) in [7, 11) is 1.80. The normalized spacial score (nSPS) is 10.3. The minimum absolute atomic E-state index is 0.171. The standard InChI is InChI=1S/C11H11ClN4OS/c1-13-9-3-2-7(12)8(15-9)6-18-11-14-5-4-10(17)16-11/h2-5H,6H2,1H3,(H,13,15)(H,14,16,17). The van der Waals surface area contributed by atoms with E-state index in [0.717, 1.165) is 11.5 Å². The summed E-state index contributed by atoms with van der Waals surface area (Å²) in [5.41, 5.74) is 0.579. The average Bonchev–Trinajstić information content (AvgIpc) is 2.38. The van der Waals surface area contributed by atoms with Crippen LogP contribution in [-0.4, -0.2) is 22.0 Å². The van der Waals surface area contributed by atoms with E-state index in [2.05, 4.69) is 20.3 Å². The number of H-pyrrole nitrogens is 1. The summed E-state index contributed by atoms with van der Waals surface area (Å²) in [5, 5.41) is 4.10. The van der Waals surface area contributed by atoms with Crippen LogP contribution in [0.1, 0.15) is 5.69 Å². The average molecular weight is 283 g/mol. The van der Waals surface area contributed by atoms with Gasteiger partial charge in [-0.25, -0.2) is 9.97 Å². The lowest BCUT2D eigenvalue weighted by atomic mass is 10.3. The summed E-state index contributed by atoms with van der Waals surface area (Å²) in [4.78, 5) is 22.1. The van der Waals surface area contributed by atoms with Gasteiger partial charge < -0.3 is 10.3 Å². The monoisotopic (exact) mass is 282 g/mol. The number of aromatic nitrogens is 3. The fraction of sp³-hybridized carbons (Fsp3) is 0.182. The maximum atomic E-state index is 11.1. The van der Waals surface area contributed by atoms with Gasteiger partial charge in [0.25, 0.3) is 5.56 Å². The Morgan fingerprint density at radius 3 is 3.00 bits per heavy atom. The molecule has 5 nitrogen and oxygen atoms in total. The molecule has 0 aliphatic rings. The molecule has 0 aliphatic heterocycles. The van der Waals surface area contributed by atoms with Gasteiger partial charge in [-0.15, -0.1) is 0 Å². The van der Waals surface area contributed by atoms with Gasteiger partial charge in [0, 0.05) is 25.1 Å². The maximum Gasteiger partial charge on any atom is 0.251 e. The third kappa shape index (κ3) is 3.24. The molecule has 0 amide bonds. The molecule has 7 heteroatoms. The van der Waals surface area contributed by atoms with Gasteiger partial charge >= 0.3 is 0 Å². The quantitative estimate of drug-likeness (QED) is 0.664. The number of thioether (sulfide) groups is 1. The summed E-state index contributed by atoms with van der Waals surface area (Å²) < 4.78 is 0. The van der Waals surface area contributed by atoms with E-state index in [9.17, 15) is 4.79 Å². The highest BCUT2D eigenvalue weighted by molar-refractivity contribution is 7.98. The lowest BCUT2D eigenvalue weighted by molar-refractivity contribution is 0.935. The second kappa shape index (κ2) is 5.88. The number of nitrogens with one attached hydrogen (secondary N) is 2. The third-order valence-corrected chi connectivity index (χ3v) is 3.41. The van der Waals surface area contributed by atoms with Gasteiger partial charge in [0.1, 0.15) is 5.82 Å². The van der Waals surface area contributed by atoms with Crippen molar-refractivity contribution in [3.8, 4) is 0 Å². The van der Waals surface area contributed by atoms with Crippen LogP contribution in [0, 0.1) is 0 Å². The fourth-order valence-corrected chi connectivity index (χ4v) is 2.34. The summed E-state index contributed by atoms with van der Waals surface area (Å²) >= 11 is 7.43. The highest BCUT2D eigenvalue weighted by Crippen LogP contribution is 2.23. The number of pyridine rings is 1. The van der Waals surface area contributed by atoms with E-state index in [1.807, 2.05) is 0 Å². The predicted molar refractivity (Wildman–Crippen MR) is 73.2 cm³/mol. The van der Waals surface area contributed by atoms with Gasteiger partial charge in [-0.3, -0.25) is 4.79 Å². The number of rotatable bonds is 4. The summed E-state index contributed by atoms with van der Waals surface area (Å²) in [6, 6.07) is 4.97. The van der Waals surface area contributed by atoms with Gasteiger partial charge in [0.15, 0.2) is 5.16 Å². The minimum atomic E-state index is -0.171. The Morgan fingerprint density at radius 2 is 2.28 bits per heavy atom. The van der Waals surface area contributed by atoms with Crippen LogP contribution in [0.3, 0.4) is 0 Å². The number of aromatic amines is 1. The Kier molecular flexibility index (Phi) is 4.22. The van der Waals surface area contributed by atoms with E-state index in [0.29, 0.717) is 15.9 Å². The van der Waals surface area contributed by atoms with Gasteiger partial charge in [0.2, 0.25) is 0 Å². The van der Waals surface area contributed by atoms with Crippen molar-refractivity contribution in [2.75, 3.05) is 12.4 Å². The highest BCUT2D eigenvalue weighted by Gasteiger charge is 2.05. The van der Waals surface area contributed by atoms with Crippen molar-refractivity contribution >= 4 is 29.2 Å². The molecule has 0 atom stereocenters. The molecule has 0 bridgehead atoms. The molecule has 2 rings (SSSR count). The molecule has 18 heavy (non-hydrogen) atoms. The van der Waals surface area contributed by atoms with Crippen molar-refractivity contribution in [3.63, 3.8) is 0 Å². The predicted octanol–water partition coefficient (Wildman–Crippen LogP) is 2.15. The van der Waals surface area contributed by atoms with Crippen LogP contribution in [0.4, 0.5) is 5.82 Å². The molecule has 0 saturated heterocycles. The maximum absolute atomic E-state index is 11.1. The summed E-state index contributed by atoms with van der Waals surface area (Å²) in [6.45, 7) is 0. The van der Waals surface area contributed by atoms with Crippen molar-refractivity contribution in [2.45, 2.75) is 10.9 Å². The van der Waals surface area contributed by atoms with Crippen molar-refractivity contribution in [2.24, 2.45) is 0 Å². The van der Waals surface area contributed by atoms with Crippen LogP contribution in [0.25, 0.3) is 0 Å². The molecule has 0 unspecified atom stereocenters. The van der Waals surface area contributed by atoms with E-state index < -0.39 is 0 Å². The molecule has 2 heterocycles. The second-order valence-corrected chi connectivity index (χ2v) is 4.77. The molecule has 0 aromatic carbocycles. The van der Waals surface area contributed by atoms with E-state index in [1.165, 1.54) is 24.0 Å². The van der Waals surface area contributed by atoms with Gasteiger partial charge in [0.05, 0.1) is 10.7 Å². The summed E-state index contributed by atoms with van der Waals surface area (Å²) in [5.74, 6) is 1.30. The zero-order chi connectivity index (χ0) is 13.0. The Morgan fingerprint density at radius 1 is 1.44 bits per heavy atom. The highest BCUT2D eigenvalue weighted by atomic mass is 35.5. The Balaban J connectivity index is 2.12. The molecule has 0 fully saturated rings. The zero-order valence-electron chi connectivity index (χ0n) is 9.61. The van der Waals surface area contributed by atoms with E-state index >= 15 is 0 Å². The van der Waals surface area contributed by atoms with E-state index in [1.54, 1.807) is 19.2 Å². The van der Waals surface area contributed by atoms with Crippen LogP contribution in [0.15, 0.2) is 34.3 Å². The van der Waals surface area contributed by atoms with Gasteiger partial charge in [-0.1, -0.05) is 23.4 Å². The first kappa shape index (κ1) is 12.9. The van der Waals surface area contributed by atoms with Gasteiger partial charge in [-0.2, -0.15) is 0 Å². The second-order valence-electron chi connectivity index (χ2n) is 3.40. The minimum Gasteiger partial charge on any atom is -0.373 e. The smallest absolute Gasteiger partial charge is 0.251 e. The van der Waals surface area contributed by atoms with Crippen LogP contribution in [0.5, 0.6) is 0 Å². The molecular weight excluding hydrogens is 272 g/mol. The first-order valence-electron chi connectivity index (χ1n) is 5.20. The molecule has 2 aromatic heterocycles. The molecule has 0 radical (unpaired) electrons. The number of anilines is 1. The Labute approximate surface area is 113 Å². The first-order chi connectivity index (χ1) is 8.69. The SMILES string of the molecule is CNc1ccc(Cl)c(CSc2nccc(=O)[nH]2)n1. The van der Waals surface area contributed by atoms with Crippen LogP contribution in [-0.2, 0) is 5.75 Å². The van der Waals surface area contributed by atoms with Crippen molar-refractivity contribution in [1.29, 1.82) is 0 Å². The van der Waals surface area contributed by atoms with Gasteiger partial charge in [-0.05, 0) is 12.1 Å². The largest absolute Gasteiger partial charge is 0.373 e. The van der Waals surface area contributed by atoms with Crippen molar-refractivity contribution < 1.29 is 0 Å². The number of halogens is 1. The van der Waals surface area contributed by atoms with Crippen LogP contribution in [0.2, 0.25) is 5.02 Å². The number of hydrogen-bond acceptors (Lipinski definition) is 5. The van der Waals surface area contributed by atoms with Crippen molar-refractivity contribution in [3.05, 3.63) is 45.5 Å². The fourth-order valence-electron chi connectivity index (χ4n) is 1.29. The lowest BCUT2D eigenvalue weighted by Gasteiger charge is -2.05. The third-order valence-electron chi connectivity index (χ3n) is 2.17. The van der Waals surface area contributed by atoms with Crippen LogP contribution >= 0.6 is 23.4 Å². The molecule has 0 spiro atoms. The first-order valence-corrected chi connectivity index (χ1v) is 6.56. The molecule has 0 aliphatic carbocycles. The number of nitrogens with zero attached hydrogens (tertiary/aromatic N) is 2. The Bertz CT molecular complexity index is 602. The topological polar surface area (TPSA) is 70.7 Å². The molecular formula is C11H11ClN4OS. The molecule has 94 valence electrons.